The first-order chi connectivity index (χ1) is 18.7. The average molecular weight is 596 g/mol. The summed E-state index contributed by atoms with van der Waals surface area (Å²) in [6.07, 6.45) is 5.80. The lowest BCUT2D eigenvalue weighted by Gasteiger charge is -2.32. The summed E-state index contributed by atoms with van der Waals surface area (Å²) in [6, 6.07) is 3.19. The number of aromatic nitrogens is 4. The van der Waals surface area contributed by atoms with Crippen molar-refractivity contribution in [2.75, 3.05) is 30.8 Å². The number of amides is 2. The van der Waals surface area contributed by atoms with E-state index in [-0.39, 0.29) is 30.0 Å². The van der Waals surface area contributed by atoms with Crippen LogP contribution in [0.15, 0.2) is 18.3 Å². The molecule has 2 amide bonds. The highest BCUT2D eigenvalue weighted by Crippen LogP contribution is 2.40. The number of imidazole rings is 1. The van der Waals surface area contributed by atoms with E-state index in [1.165, 1.54) is 7.11 Å². The Morgan fingerprint density at radius 1 is 1.08 bits per heavy atom. The number of halogens is 3. The lowest BCUT2D eigenvalue weighted by atomic mass is 9.85. The van der Waals surface area contributed by atoms with Crippen LogP contribution in [0.2, 0.25) is 15.1 Å². The van der Waals surface area contributed by atoms with Crippen molar-refractivity contribution >= 4 is 75.6 Å². The molecule has 0 radical (unpaired) electrons. The average Bonchev–Trinajstić information content (AvgIpc) is 3.27. The summed E-state index contributed by atoms with van der Waals surface area (Å²) < 4.78 is 6.90. The summed E-state index contributed by atoms with van der Waals surface area (Å²) in [5.74, 6) is 0.507. The summed E-state index contributed by atoms with van der Waals surface area (Å²) in [5, 5.41) is 7.76. The molecule has 11 nitrogen and oxygen atoms in total. The molecule has 1 aliphatic heterocycles. The van der Waals surface area contributed by atoms with Gasteiger partial charge in [-0.05, 0) is 50.7 Å². The number of nitrogens with one attached hydrogen (secondary N) is 2. The van der Waals surface area contributed by atoms with Gasteiger partial charge in [-0.3, -0.25) is 9.36 Å². The Kier molecular flexibility index (Phi) is 8.20. The van der Waals surface area contributed by atoms with E-state index in [1.807, 2.05) is 4.57 Å². The van der Waals surface area contributed by atoms with E-state index in [0.29, 0.717) is 69.7 Å². The van der Waals surface area contributed by atoms with Crippen LogP contribution >= 0.6 is 34.8 Å². The highest BCUT2D eigenvalue weighted by Gasteiger charge is 2.30. The minimum Gasteiger partial charge on any atom is -0.453 e. The van der Waals surface area contributed by atoms with Gasteiger partial charge in [-0.25, -0.2) is 14.8 Å². The number of nitrogens with zero attached hydrogens (tertiary/aromatic N) is 5. The molecule has 2 fully saturated rings. The molecule has 1 aliphatic carbocycles. The number of likely N-dealkylation sites (tertiary alicyclic amines) is 1. The number of fused-ring (bicyclic) bond motifs is 1. The van der Waals surface area contributed by atoms with Gasteiger partial charge in [0.15, 0.2) is 5.65 Å². The lowest BCUT2D eigenvalue weighted by Crippen LogP contribution is -2.45. The maximum atomic E-state index is 12.0. The predicted molar refractivity (Wildman–Crippen MR) is 151 cm³/mol. The molecule has 2 aromatic heterocycles. The number of primary amides is 1. The van der Waals surface area contributed by atoms with Gasteiger partial charge in [0.1, 0.15) is 5.52 Å². The minimum absolute atomic E-state index is 0.00481. The van der Waals surface area contributed by atoms with Crippen molar-refractivity contribution in [3.05, 3.63) is 33.4 Å². The first kappa shape index (κ1) is 27.5. The van der Waals surface area contributed by atoms with Crippen LogP contribution in [-0.2, 0) is 9.53 Å². The second-order valence-corrected chi connectivity index (χ2v) is 11.1. The quantitative estimate of drug-likeness (QED) is 0.345. The number of benzene rings is 1. The Morgan fingerprint density at radius 2 is 1.79 bits per heavy atom. The first-order valence-corrected chi connectivity index (χ1v) is 13.9. The number of rotatable bonds is 6. The van der Waals surface area contributed by atoms with Gasteiger partial charge in [0.2, 0.25) is 17.8 Å². The topological polar surface area (TPSA) is 140 Å². The van der Waals surface area contributed by atoms with Gasteiger partial charge in [-0.1, -0.05) is 34.8 Å². The number of ether oxygens (including phenoxy) is 1. The number of methoxy groups -OCH3 is 1. The summed E-state index contributed by atoms with van der Waals surface area (Å²) in [6.45, 7) is 1.14. The van der Waals surface area contributed by atoms with Gasteiger partial charge >= 0.3 is 6.09 Å². The molecule has 1 atom stereocenters. The molecular weight excluding hydrogens is 567 g/mol. The molecule has 4 N–H and O–H groups in total. The Hall–Kier alpha value is -3.02. The number of piperidine rings is 1. The third-order valence-corrected chi connectivity index (χ3v) is 8.14. The molecule has 3 aromatic rings. The number of nitrogens with two attached hydrogens (primary N) is 1. The van der Waals surface area contributed by atoms with E-state index in [9.17, 15) is 9.59 Å². The van der Waals surface area contributed by atoms with Gasteiger partial charge in [0, 0.05) is 36.1 Å². The Morgan fingerprint density at radius 3 is 2.46 bits per heavy atom. The minimum atomic E-state index is -0.349. The van der Waals surface area contributed by atoms with Crippen LogP contribution in [0.5, 0.6) is 0 Å². The molecule has 39 heavy (non-hydrogen) atoms. The van der Waals surface area contributed by atoms with Crippen molar-refractivity contribution in [3.63, 3.8) is 0 Å². The number of hydrogen-bond donors (Lipinski definition) is 3. The Balaban J connectivity index is 1.48. The molecule has 208 valence electrons. The van der Waals surface area contributed by atoms with Crippen LogP contribution in [0.1, 0.15) is 44.6 Å². The molecule has 0 bridgehead atoms. The maximum absolute atomic E-state index is 12.0. The van der Waals surface area contributed by atoms with Crippen LogP contribution in [0.25, 0.3) is 11.2 Å². The second kappa shape index (κ2) is 11.6. The zero-order chi connectivity index (χ0) is 27.7. The monoisotopic (exact) mass is 594 g/mol. The highest BCUT2D eigenvalue weighted by atomic mass is 35.5. The van der Waals surface area contributed by atoms with Gasteiger partial charge < -0.3 is 26.0 Å². The molecule has 1 saturated heterocycles. The molecular formula is C25H29Cl3N8O3. The van der Waals surface area contributed by atoms with Crippen molar-refractivity contribution < 1.29 is 14.3 Å². The fourth-order valence-electron chi connectivity index (χ4n) is 5.36. The van der Waals surface area contributed by atoms with Gasteiger partial charge in [0.05, 0.1) is 29.0 Å². The van der Waals surface area contributed by atoms with E-state index >= 15 is 0 Å². The lowest BCUT2D eigenvalue weighted by molar-refractivity contribution is -0.122. The van der Waals surface area contributed by atoms with Crippen LogP contribution in [-0.4, -0.2) is 62.7 Å². The summed E-state index contributed by atoms with van der Waals surface area (Å²) in [5.41, 5.74) is 7.26. The second-order valence-electron chi connectivity index (χ2n) is 9.88. The summed E-state index contributed by atoms with van der Waals surface area (Å²) in [4.78, 5) is 39.5. The van der Waals surface area contributed by atoms with Crippen molar-refractivity contribution in [1.29, 1.82) is 0 Å². The van der Waals surface area contributed by atoms with Crippen molar-refractivity contribution in [2.45, 2.75) is 50.6 Å². The van der Waals surface area contributed by atoms with E-state index in [2.05, 4.69) is 15.6 Å². The number of hydrogen-bond acceptors (Lipinski definition) is 8. The van der Waals surface area contributed by atoms with Crippen molar-refractivity contribution in [1.82, 2.24) is 24.4 Å². The molecule has 1 aromatic carbocycles. The number of anilines is 3. The van der Waals surface area contributed by atoms with E-state index in [1.54, 1.807) is 23.2 Å². The van der Waals surface area contributed by atoms with E-state index in [0.717, 1.165) is 25.7 Å². The zero-order valence-corrected chi connectivity index (χ0v) is 23.6. The van der Waals surface area contributed by atoms with Crippen LogP contribution in [0, 0.1) is 5.92 Å². The number of carbonyl (C=O) groups excluding carboxylic acids is 2. The van der Waals surface area contributed by atoms with Crippen LogP contribution < -0.4 is 16.4 Å². The van der Waals surface area contributed by atoms with Crippen molar-refractivity contribution in [2.24, 2.45) is 11.7 Å². The van der Waals surface area contributed by atoms with Crippen LogP contribution in [0.3, 0.4) is 0 Å². The predicted octanol–water partition coefficient (Wildman–Crippen LogP) is 5.39. The molecule has 2 aliphatic rings. The summed E-state index contributed by atoms with van der Waals surface area (Å²) >= 11 is 19.0. The van der Waals surface area contributed by atoms with E-state index < -0.39 is 0 Å². The first-order valence-electron chi connectivity index (χ1n) is 12.8. The fraction of sp³-hybridized carbons (Fsp3) is 0.480. The van der Waals surface area contributed by atoms with Gasteiger partial charge in [-0.15, -0.1) is 0 Å². The largest absolute Gasteiger partial charge is 0.453 e. The molecule has 3 heterocycles. The SMILES string of the molecule is COC(=O)N1CCC[C@@H](Nc2ncc3nc(Nc4c(Cl)cc(Cl)cc4Cl)n([C@H]4CC[C@@H](C(N)=O)CC4)c3n2)C1. The van der Waals surface area contributed by atoms with Crippen molar-refractivity contribution in [3.8, 4) is 0 Å². The molecule has 14 heteroatoms. The van der Waals surface area contributed by atoms with Gasteiger partial charge in [0.25, 0.3) is 0 Å². The van der Waals surface area contributed by atoms with Gasteiger partial charge in [-0.2, -0.15) is 4.98 Å². The smallest absolute Gasteiger partial charge is 0.409 e. The Labute approximate surface area is 240 Å². The normalized spacial score (nSPS) is 21.5. The highest BCUT2D eigenvalue weighted by molar-refractivity contribution is 6.41. The fourth-order valence-corrected chi connectivity index (χ4v) is 6.27. The zero-order valence-electron chi connectivity index (χ0n) is 21.3. The third kappa shape index (κ3) is 5.95. The third-order valence-electron chi connectivity index (χ3n) is 7.33. The molecule has 1 saturated carbocycles. The van der Waals surface area contributed by atoms with E-state index in [4.69, 9.17) is 55.2 Å². The standard InChI is InChI=1S/C25H29Cl3N8O3/c1-39-25(38)35-8-2-3-15(12-35)31-23-30-11-19-22(34-23)36(16-6-4-13(5-7-16)21(29)37)24(32-19)33-20-17(27)9-14(26)10-18(20)28/h9-11,13,15-16H,2-8,12H2,1H3,(H2,29,37)(H,32,33)(H,30,31,34)/t13-,15-,16+/m1/s1. The molecule has 0 unspecified atom stereocenters. The molecule has 0 spiro atoms. The molecule has 5 rings (SSSR count). The number of carbonyl (C=O) groups is 2. The summed E-state index contributed by atoms with van der Waals surface area (Å²) in [7, 11) is 1.38. The van der Waals surface area contributed by atoms with Crippen LogP contribution in [0.4, 0.5) is 22.4 Å². The maximum Gasteiger partial charge on any atom is 0.409 e. The Bertz CT molecular complexity index is 1370.